The minimum absolute atomic E-state index is 0.240. The van der Waals surface area contributed by atoms with E-state index in [1.54, 1.807) is 0 Å². The number of carbonyl (C=O) groups is 1. The number of carbonyl (C=O) groups excluding carboxylic acids is 1. The summed E-state index contributed by atoms with van der Waals surface area (Å²) >= 11 is 0. The van der Waals surface area contributed by atoms with Gasteiger partial charge in [0, 0.05) is 4.91 Å². The highest BCUT2D eigenvalue weighted by Crippen LogP contribution is 2.25. The summed E-state index contributed by atoms with van der Waals surface area (Å²) in [5.74, 6) is -1.05. The van der Waals surface area contributed by atoms with E-state index in [4.69, 9.17) is 15.4 Å². The molecule has 5 atom stereocenters. The fraction of sp³-hybridized carbons (Fsp3) is 0.727. The maximum absolute atomic E-state index is 11.6. The number of rotatable bonds is 6. The van der Waals surface area contributed by atoms with Crippen LogP contribution in [0, 0.1) is 0 Å². The Hall–Kier alpha value is -1.84. The zero-order chi connectivity index (χ0) is 16.0. The van der Waals surface area contributed by atoms with Gasteiger partial charge in [0.15, 0.2) is 0 Å². The van der Waals surface area contributed by atoms with Crippen LogP contribution in [0.3, 0.4) is 0 Å². The van der Waals surface area contributed by atoms with Crippen LogP contribution in [0.1, 0.15) is 0 Å². The highest BCUT2D eigenvalue weighted by atomic mass is 16.6. The van der Waals surface area contributed by atoms with E-state index in [2.05, 4.69) is 20.1 Å². The van der Waals surface area contributed by atoms with Crippen molar-refractivity contribution in [2.75, 3.05) is 20.8 Å². The molecule has 0 aromatic rings. The van der Waals surface area contributed by atoms with Crippen LogP contribution in [0.15, 0.2) is 16.9 Å². The zero-order valence-electron chi connectivity index (χ0n) is 11.6. The zero-order valence-corrected chi connectivity index (χ0v) is 11.6. The molecule has 0 aliphatic carbocycles. The van der Waals surface area contributed by atoms with Crippen molar-refractivity contribution < 1.29 is 29.6 Å². The minimum atomic E-state index is -1.50. The first-order chi connectivity index (χ1) is 9.99. The van der Waals surface area contributed by atoms with Gasteiger partial charge in [-0.1, -0.05) is 5.11 Å². The summed E-state index contributed by atoms with van der Waals surface area (Å²) in [7, 11) is 2.68. The van der Waals surface area contributed by atoms with Crippen LogP contribution in [0.25, 0.3) is 10.4 Å². The van der Waals surface area contributed by atoms with Crippen molar-refractivity contribution in [1.82, 2.24) is 5.32 Å². The number of hydrogen-bond donors (Lipinski definition) is 4. The average molecular weight is 302 g/mol. The van der Waals surface area contributed by atoms with Gasteiger partial charge in [0.2, 0.25) is 5.76 Å². The maximum Gasteiger partial charge on any atom is 0.372 e. The first kappa shape index (κ1) is 17.2. The number of esters is 1. The fourth-order valence-electron chi connectivity index (χ4n) is 2.04. The number of aliphatic hydroxyl groups excluding tert-OH is 3. The second-order valence-electron chi connectivity index (χ2n) is 4.36. The van der Waals surface area contributed by atoms with Crippen LogP contribution in [0.5, 0.6) is 0 Å². The van der Waals surface area contributed by atoms with E-state index < -0.39 is 43.0 Å². The van der Waals surface area contributed by atoms with E-state index in [1.165, 1.54) is 13.1 Å². The van der Waals surface area contributed by atoms with Gasteiger partial charge in [-0.25, -0.2) is 4.79 Å². The molecule has 0 aromatic heterocycles. The lowest BCUT2D eigenvalue weighted by Crippen LogP contribution is -2.57. The minimum Gasteiger partial charge on any atom is -0.479 e. The quantitative estimate of drug-likeness (QED) is 0.199. The standard InChI is InChI=1S/C11H18N4O6/c1-13-8-5(14-15-12)3-7(11(19)20-2)21-10(8)9(18)6(17)4-16/h3,5-6,8-10,13,16-18H,4H2,1-2H3/t5-,6-,8+,9-,10+/m0/s1. The molecule has 118 valence electrons. The van der Waals surface area contributed by atoms with Crippen molar-refractivity contribution in [2.45, 2.75) is 30.4 Å². The molecule has 1 rings (SSSR count). The molecule has 0 bridgehead atoms. The van der Waals surface area contributed by atoms with Gasteiger partial charge in [0.25, 0.3) is 0 Å². The van der Waals surface area contributed by atoms with E-state index in [1.807, 2.05) is 0 Å². The molecule has 0 amide bonds. The number of nitrogens with one attached hydrogen (secondary N) is 1. The second-order valence-corrected chi connectivity index (χ2v) is 4.36. The van der Waals surface area contributed by atoms with Crippen LogP contribution >= 0.6 is 0 Å². The van der Waals surface area contributed by atoms with Crippen molar-refractivity contribution in [1.29, 1.82) is 0 Å². The van der Waals surface area contributed by atoms with Crippen LogP contribution in [-0.4, -0.2) is 72.4 Å². The number of aliphatic hydroxyl groups is 3. The maximum atomic E-state index is 11.6. The molecule has 1 aliphatic rings. The predicted molar refractivity (Wildman–Crippen MR) is 69.9 cm³/mol. The Balaban J connectivity index is 3.15. The summed E-state index contributed by atoms with van der Waals surface area (Å²) in [6.45, 7) is -0.694. The predicted octanol–water partition coefficient (Wildman–Crippen LogP) is -1.58. The molecule has 0 saturated carbocycles. The van der Waals surface area contributed by atoms with Gasteiger partial charge in [-0.3, -0.25) is 0 Å². The molecule has 21 heavy (non-hydrogen) atoms. The van der Waals surface area contributed by atoms with E-state index >= 15 is 0 Å². The van der Waals surface area contributed by atoms with Gasteiger partial charge in [-0.15, -0.1) is 0 Å². The number of ether oxygens (including phenoxy) is 2. The molecule has 0 radical (unpaired) electrons. The Morgan fingerprint density at radius 2 is 2.33 bits per heavy atom. The molecule has 0 fully saturated rings. The number of hydrogen-bond acceptors (Lipinski definition) is 8. The van der Waals surface area contributed by atoms with Crippen LogP contribution in [-0.2, 0) is 14.3 Å². The fourth-order valence-corrected chi connectivity index (χ4v) is 2.04. The van der Waals surface area contributed by atoms with Crippen LogP contribution in [0.4, 0.5) is 0 Å². The molecule has 0 saturated heterocycles. The summed E-state index contributed by atoms with van der Waals surface area (Å²) in [5.41, 5.74) is 8.59. The number of azide groups is 1. The Morgan fingerprint density at radius 3 is 2.81 bits per heavy atom. The molecule has 4 N–H and O–H groups in total. The first-order valence-electron chi connectivity index (χ1n) is 6.15. The summed E-state index contributed by atoms with van der Waals surface area (Å²) in [4.78, 5) is 14.2. The molecule has 1 aliphatic heterocycles. The van der Waals surface area contributed by atoms with Crippen molar-refractivity contribution in [3.05, 3.63) is 22.3 Å². The van der Waals surface area contributed by atoms with Gasteiger partial charge in [0.05, 0.1) is 25.8 Å². The summed E-state index contributed by atoms with van der Waals surface area (Å²) in [6, 6.07) is -1.54. The highest BCUT2D eigenvalue weighted by molar-refractivity contribution is 5.86. The second kappa shape index (κ2) is 7.81. The Morgan fingerprint density at radius 1 is 1.67 bits per heavy atom. The molecule has 0 aromatic carbocycles. The van der Waals surface area contributed by atoms with Gasteiger partial charge >= 0.3 is 5.97 Å². The Labute approximate surface area is 120 Å². The lowest BCUT2D eigenvalue weighted by molar-refractivity contribution is -0.148. The van der Waals surface area contributed by atoms with Crippen molar-refractivity contribution >= 4 is 5.97 Å². The average Bonchev–Trinajstić information content (AvgIpc) is 2.51. The van der Waals surface area contributed by atoms with Crippen molar-refractivity contribution in [3.8, 4) is 0 Å². The molecule has 0 unspecified atom stereocenters. The summed E-state index contributed by atoms with van der Waals surface area (Å²) < 4.78 is 9.84. The van der Waals surface area contributed by atoms with Crippen LogP contribution < -0.4 is 5.32 Å². The van der Waals surface area contributed by atoms with Crippen LogP contribution in [0.2, 0.25) is 0 Å². The van der Waals surface area contributed by atoms with Gasteiger partial charge in [-0.2, -0.15) is 0 Å². The third-order valence-corrected chi connectivity index (χ3v) is 3.13. The first-order valence-corrected chi connectivity index (χ1v) is 6.15. The van der Waals surface area contributed by atoms with E-state index in [-0.39, 0.29) is 5.76 Å². The smallest absolute Gasteiger partial charge is 0.372 e. The van der Waals surface area contributed by atoms with Crippen molar-refractivity contribution in [3.63, 3.8) is 0 Å². The van der Waals surface area contributed by atoms with E-state index in [0.29, 0.717) is 0 Å². The molecular formula is C11H18N4O6. The van der Waals surface area contributed by atoms with Gasteiger partial charge in [0.1, 0.15) is 18.3 Å². The molecule has 1 heterocycles. The topological polar surface area (TPSA) is 157 Å². The molecule has 10 nitrogen and oxygen atoms in total. The monoisotopic (exact) mass is 302 g/mol. The molecular weight excluding hydrogens is 284 g/mol. The number of likely N-dealkylation sites (N-methyl/N-ethyl adjacent to an activating group) is 1. The van der Waals surface area contributed by atoms with E-state index in [0.717, 1.165) is 7.11 Å². The summed E-state index contributed by atoms with van der Waals surface area (Å²) in [6.07, 6.45) is -2.83. The molecule has 0 spiro atoms. The highest BCUT2D eigenvalue weighted by Gasteiger charge is 2.42. The van der Waals surface area contributed by atoms with Gasteiger partial charge < -0.3 is 30.1 Å². The molecule has 10 heteroatoms. The van der Waals surface area contributed by atoms with E-state index in [9.17, 15) is 15.0 Å². The summed E-state index contributed by atoms with van der Waals surface area (Å²) in [5, 5.41) is 34.8. The Bertz CT molecular complexity index is 450. The lowest BCUT2D eigenvalue weighted by atomic mass is 9.93. The van der Waals surface area contributed by atoms with Gasteiger partial charge in [-0.05, 0) is 18.7 Å². The number of nitrogens with zero attached hydrogens (tertiary/aromatic N) is 3. The third-order valence-electron chi connectivity index (χ3n) is 3.13. The third kappa shape index (κ3) is 3.84. The SMILES string of the molecule is CN[C@H]1[C@H]([C@@H](O)[C@@H](O)CO)OC(C(=O)OC)=C[C@@H]1N=[N+]=[N-]. The number of methoxy groups -OCH3 is 1. The Kier molecular flexibility index (Phi) is 6.40. The van der Waals surface area contributed by atoms with Crippen molar-refractivity contribution in [2.24, 2.45) is 5.11 Å². The normalized spacial score (nSPS) is 27.7. The lowest BCUT2D eigenvalue weighted by Gasteiger charge is -2.38. The largest absolute Gasteiger partial charge is 0.479 e.